The molecule has 2 rings (SSSR count). The molecule has 0 aromatic heterocycles. The Hall–Kier alpha value is -1.52. The normalized spacial score (nSPS) is 13.2. The Morgan fingerprint density at radius 2 is 1.68 bits per heavy atom. The molecule has 2 aromatic carbocycles. The van der Waals surface area contributed by atoms with Gasteiger partial charge in [0.2, 0.25) is 0 Å². The minimum Gasteiger partial charge on any atom is -0.398 e. The Kier molecular flexibility index (Phi) is 3.83. The monoisotopic (exact) mass is 295 g/mol. The molecule has 0 amide bonds. The molecule has 100 valence electrons. The van der Waals surface area contributed by atoms with Gasteiger partial charge in [-0.1, -0.05) is 48.0 Å². The van der Waals surface area contributed by atoms with E-state index in [-0.39, 0.29) is 15.6 Å². The summed E-state index contributed by atoms with van der Waals surface area (Å²) in [7, 11) is -3.61. The predicted octanol–water partition coefficient (Wildman–Crippen LogP) is 3.46. The highest BCUT2D eigenvalue weighted by Crippen LogP contribution is 2.35. The number of sulfone groups is 1. The molecule has 19 heavy (non-hydrogen) atoms. The van der Waals surface area contributed by atoms with Crippen molar-refractivity contribution in [3.63, 3.8) is 0 Å². The van der Waals surface area contributed by atoms with Gasteiger partial charge in [0, 0.05) is 0 Å². The van der Waals surface area contributed by atoms with Crippen LogP contribution in [0.2, 0.25) is 5.02 Å². The highest BCUT2D eigenvalue weighted by atomic mass is 35.5. The van der Waals surface area contributed by atoms with Crippen LogP contribution in [0, 0.1) is 0 Å². The molecule has 0 spiro atoms. The van der Waals surface area contributed by atoms with Crippen LogP contribution >= 0.6 is 11.6 Å². The quantitative estimate of drug-likeness (QED) is 0.882. The van der Waals surface area contributed by atoms with E-state index in [0.717, 1.165) is 0 Å². The molecule has 0 heterocycles. The van der Waals surface area contributed by atoms with E-state index in [1.165, 1.54) is 12.1 Å². The summed E-state index contributed by atoms with van der Waals surface area (Å²) < 4.78 is 25.2. The first-order chi connectivity index (χ1) is 8.94. The van der Waals surface area contributed by atoms with E-state index in [1.807, 2.05) is 6.07 Å². The Balaban J connectivity index is 2.55. The fourth-order valence-electron chi connectivity index (χ4n) is 1.91. The summed E-state index contributed by atoms with van der Waals surface area (Å²) in [6.45, 7) is 1.63. The van der Waals surface area contributed by atoms with Gasteiger partial charge >= 0.3 is 0 Å². The van der Waals surface area contributed by atoms with Crippen LogP contribution in [0.5, 0.6) is 0 Å². The zero-order valence-corrected chi connectivity index (χ0v) is 11.9. The van der Waals surface area contributed by atoms with Gasteiger partial charge in [0.05, 0.1) is 16.0 Å². The molecule has 0 aliphatic carbocycles. The van der Waals surface area contributed by atoms with E-state index in [1.54, 1.807) is 37.3 Å². The third-order valence-corrected chi connectivity index (χ3v) is 5.67. The van der Waals surface area contributed by atoms with Gasteiger partial charge in [-0.25, -0.2) is 8.42 Å². The highest BCUT2D eigenvalue weighted by Gasteiger charge is 2.28. The number of hydrogen-bond acceptors (Lipinski definition) is 3. The van der Waals surface area contributed by atoms with Gasteiger partial charge < -0.3 is 5.73 Å². The average molecular weight is 296 g/mol. The summed E-state index contributed by atoms with van der Waals surface area (Å²) in [5.74, 6) is 0. The van der Waals surface area contributed by atoms with Crippen molar-refractivity contribution >= 4 is 27.1 Å². The Bertz CT molecular complexity index is 664. The molecule has 0 bridgehead atoms. The lowest BCUT2D eigenvalue weighted by molar-refractivity contribution is 0.586. The summed E-state index contributed by atoms with van der Waals surface area (Å²) in [6.07, 6.45) is 0. The fraction of sp³-hybridized carbons (Fsp3) is 0.143. The number of anilines is 1. The summed E-state index contributed by atoms with van der Waals surface area (Å²) in [6, 6.07) is 13.7. The lowest BCUT2D eigenvalue weighted by Crippen LogP contribution is -2.13. The zero-order chi connectivity index (χ0) is 14.0. The second-order valence-electron chi connectivity index (χ2n) is 4.26. The van der Waals surface area contributed by atoms with Crippen molar-refractivity contribution in [1.82, 2.24) is 0 Å². The van der Waals surface area contributed by atoms with Crippen LogP contribution in [0.15, 0.2) is 53.4 Å². The van der Waals surface area contributed by atoms with E-state index in [2.05, 4.69) is 0 Å². The molecular formula is C14H14ClNO2S. The van der Waals surface area contributed by atoms with Gasteiger partial charge in [-0.3, -0.25) is 0 Å². The molecule has 1 unspecified atom stereocenters. The number of nitrogens with two attached hydrogens (primary N) is 1. The van der Waals surface area contributed by atoms with E-state index in [9.17, 15) is 8.42 Å². The van der Waals surface area contributed by atoms with Gasteiger partial charge in [0.25, 0.3) is 0 Å². The van der Waals surface area contributed by atoms with Crippen molar-refractivity contribution in [2.24, 2.45) is 0 Å². The SMILES string of the molecule is CC(c1ccccc1)S(=O)(=O)c1c(N)cccc1Cl. The topological polar surface area (TPSA) is 60.2 Å². The zero-order valence-electron chi connectivity index (χ0n) is 10.4. The van der Waals surface area contributed by atoms with Gasteiger partial charge in [-0.2, -0.15) is 0 Å². The summed E-state index contributed by atoms with van der Waals surface area (Å²) in [5, 5.41) is -0.543. The third-order valence-electron chi connectivity index (χ3n) is 3.02. The largest absolute Gasteiger partial charge is 0.398 e. The predicted molar refractivity (Wildman–Crippen MR) is 77.9 cm³/mol. The van der Waals surface area contributed by atoms with Gasteiger partial charge in [-0.05, 0) is 24.6 Å². The number of rotatable bonds is 3. The molecule has 0 fully saturated rings. The van der Waals surface area contributed by atoms with Crippen LogP contribution in [0.4, 0.5) is 5.69 Å². The Morgan fingerprint density at radius 1 is 1.05 bits per heavy atom. The number of nitrogen functional groups attached to an aromatic ring is 1. The average Bonchev–Trinajstić information content (AvgIpc) is 2.38. The number of halogens is 1. The van der Waals surface area contributed by atoms with Crippen LogP contribution in [-0.4, -0.2) is 8.42 Å². The van der Waals surface area contributed by atoms with Crippen LogP contribution in [0.1, 0.15) is 17.7 Å². The van der Waals surface area contributed by atoms with Gasteiger partial charge in [0.1, 0.15) is 4.90 Å². The molecule has 0 saturated heterocycles. The van der Waals surface area contributed by atoms with Crippen molar-refractivity contribution in [3.8, 4) is 0 Å². The molecule has 0 aliphatic heterocycles. The standard InChI is InChI=1S/C14H14ClNO2S/c1-10(11-6-3-2-4-7-11)19(17,18)14-12(15)8-5-9-13(14)16/h2-10H,16H2,1H3. The molecule has 1 atom stereocenters. The van der Waals surface area contributed by atoms with Crippen LogP contribution in [-0.2, 0) is 9.84 Å². The first kappa shape index (κ1) is 13.9. The van der Waals surface area contributed by atoms with Crippen LogP contribution in [0.3, 0.4) is 0 Å². The number of hydrogen-bond donors (Lipinski definition) is 1. The Morgan fingerprint density at radius 3 is 2.26 bits per heavy atom. The molecule has 0 aliphatic rings. The van der Waals surface area contributed by atoms with Gasteiger partial charge in [-0.15, -0.1) is 0 Å². The van der Waals surface area contributed by atoms with Crippen molar-refractivity contribution in [1.29, 1.82) is 0 Å². The van der Waals surface area contributed by atoms with Crippen molar-refractivity contribution in [3.05, 3.63) is 59.1 Å². The van der Waals surface area contributed by atoms with Gasteiger partial charge in [0.15, 0.2) is 9.84 Å². The first-order valence-electron chi connectivity index (χ1n) is 5.77. The minimum atomic E-state index is -3.61. The fourth-order valence-corrected chi connectivity index (χ4v) is 4.02. The molecule has 0 radical (unpaired) electrons. The second-order valence-corrected chi connectivity index (χ2v) is 6.87. The minimum absolute atomic E-state index is 0.00743. The lowest BCUT2D eigenvalue weighted by Gasteiger charge is -2.16. The van der Waals surface area contributed by atoms with Crippen molar-refractivity contribution < 1.29 is 8.42 Å². The van der Waals surface area contributed by atoms with E-state index >= 15 is 0 Å². The number of benzene rings is 2. The smallest absolute Gasteiger partial charge is 0.188 e. The molecule has 3 nitrogen and oxygen atoms in total. The van der Waals surface area contributed by atoms with Crippen molar-refractivity contribution in [2.45, 2.75) is 17.1 Å². The molecule has 2 aromatic rings. The van der Waals surface area contributed by atoms with Crippen molar-refractivity contribution in [2.75, 3.05) is 5.73 Å². The van der Waals surface area contributed by atoms with E-state index < -0.39 is 15.1 Å². The maximum Gasteiger partial charge on any atom is 0.188 e. The molecule has 5 heteroatoms. The molecular weight excluding hydrogens is 282 g/mol. The van der Waals surface area contributed by atoms with E-state index in [4.69, 9.17) is 17.3 Å². The maximum atomic E-state index is 12.6. The van der Waals surface area contributed by atoms with Crippen LogP contribution < -0.4 is 5.73 Å². The maximum absolute atomic E-state index is 12.6. The summed E-state index contributed by atoms with van der Waals surface area (Å²) >= 11 is 5.99. The van der Waals surface area contributed by atoms with E-state index in [0.29, 0.717) is 5.56 Å². The summed E-state index contributed by atoms with van der Waals surface area (Å²) in [4.78, 5) is 0.00743. The summed E-state index contributed by atoms with van der Waals surface area (Å²) in [5.41, 5.74) is 6.65. The van der Waals surface area contributed by atoms with Crippen LogP contribution in [0.25, 0.3) is 0 Å². The second kappa shape index (κ2) is 5.23. The highest BCUT2D eigenvalue weighted by molar-refractivity contribution is 7.92. The third kappa shape index (κ3) is 2.60. The Labute approximate surface area is 117 Å². The molecule has 0 saturated carbocycles. The first-order valence-corrected chi connectivity index (χ1v) is 7.70. The molecule has 2 N–H and O–H groups in total. The lowest BCUT2D eigenvalue weighted by atomic mass is 10.2.